The molecule has 1 aliphatic heterocycles. The maximum atomic E-state index is 12.0. The van der Waals surface area contributed by atoms with Gasteiger partial charge < -0.3 is 9.74 Å². The van der Waals surface area contributed by atoms with E-state index in [0.29, 0.717) is 11.3 Å². The molecule has 1 heterocycles. The van der Waals surface area contributed by atoms with Crippen molar-refractivity contribution in [1.29, 1.82) is 0 Å². The minimum atomic E-state index is -0.419. The number of oxime groups is 1. The number of rotatable bonds is 3. The van der Waals surface area contributed by atoms with Crippen molar-refractivity contribution in [3.05, 3.63) is 70.8 Å². The normalized spacial score (nSPS) is 15.5. The molecule has 0 aliphatic carbocycles. The number of carbonyl (C=O) groups excluding carboxylic acids is 1. The van der Waals surface area contributed by atoms with E-state index in [0.717, 1.165) is 16.8 Å². The van der Waals surface area contributed by atoms with Gasteiger partial charge in [-0.2, -0.15) is 0 Å². The van der Waals surface area contributed by atoms with Crippen LogP contribution in [0.3, 0.4) is 0 Å². The fourth-order valence-corrected chi connectivity index (χ4v) is 2.36. The number of hydrogen-bond acceptors (Lipinski definition) is 4. The first-order valence-corrected chi connectivity index (χ1v) is 7.40. The average molecular weight is 306 g/mol. The van der Waals surface area contributed by atoms with E-state index in [1.54, 1.807) is 0 Å². The van der Waals surface area contributed by atoms with Crippen LogP contribution in [0.4, 0.5) is 5.69 Å². The van der Waals surface area contributed by atoms with Crippen molar-refractivity contribution < 1.29 is 9.63 Å². The number of nitrogens with zero attached hydrogens (tertiary/aromatic N) is 2. The standard InChI is InChI=1S/C19H18N2O2/c1-13-4-6-14(7-5-13)12-17-18(20-23-19(17)22)15-8-10-16(11-9-15)21(2)3/h4-12H,1-3H3. The maximum Gasteiger partial charge on any atom is 0.368 e. The van der Waals surface area contributed by atoms with E-state index in [9.17, 15) is 4.79 Å². The van der Waals surface area contributed by atoms with Crippen molar-refractivity contribution in [2.75, 3.05) is 19.0 Å². The largest absolute Gasteiger partial charge is 0.378 e. The Bertz CT molecular complexity index is 785. The Hall–Kier alpha value is -2.88. The molecule has 1 aliphatic rings. The third-order valence-corrected chi connectivity index (χ3v) is 3.74. The number of hydrogen-bond donors (Lipinski definition) is 0. The molecule has 0 bridgehead atoms. The number of benzene rings is 2. The van der Waals surface area contributed by atoms with Crippen LogP contribution in [0.2, 0.25) is 0 Å². The zero-order chi connectivity index (χ0) is 16.4. The Morgan fingerprint density at radius 1 is 1.00 bits per heavy atom. The lowest BCUT2D eigenvalue weighted by atomic mass is 10.00. The molecule has 0 aromatic heterocycles. The topological polar surface area (TPSA) is 41.9 Å². The lowest BCUT2D eigenvalue weighted by Crippen LogP contribution is -2.10. The molecule has 0 unspecified atom stereocenters. The maximum absolute atomic E-state index is 12.0. The summed E-state index contributed by atoms with van der Waals surface area (Å²) in [6, 6.07) is 15.8. The van der Waals surface area contributed by atoms with Gasteiger partial charge in [-0.05, 0) is 30.7 Å². The summed E-state index contributed by atoms with van der Waals surface area (Å²) in [5.41, 5.74) is 5.12. The van der Waals surface area contributed by atoms with Gasteiger partial charge in [0.15, 0.2) is 0 Å². The van der Waals surface area contributed by atoms with Gasteiger partial charge in [-0.3, -0.25) is 0 Å². The minimum absolute atomic E-state index is 0.419. The van der Waals surface area contributed by atoms with E-state index in [2.05, 4.69) is 5.16 Å². The highest BCUT2D eigenvalue weighted by Crippen LogP contribution is 2.22. The third-order valence-electron chi connectivity index (χ3n) is 3.74. The molecular weight excluding hydrogens is 288 g/mol. The summed E-state index contributed by atoms with van der Waals surface area (Å²) in [5.74, 6) is -0.419. The molecule has 0 amide bonds. The minimum Gasteiger partial charge on any atom is -0.378 e. The van der Waals surface area contributed by atoms with Crippen LogP contribution in [0.5, 0.6) is 0 Å². The van der Waals surface area contributed by atoms with Crippen LogP contribution in [0.1, 0.15) is 16.7 Å². The first-order valence-electron chi connectivity index (χ1n) is 7.40. The van der Waals surface area contributed by atoms with Crippen LogP contribution in [0.15, 0.2) is 59.3 Å². The van der Waals surface area contributed by atoms with Crippen LogP contribution in [-0.4, -0.2) is 25.8 Å². The molecule has 0 atom stereocenters. The highest BCUT2D eigenvalue weighted by molar-refractivity contribution is 6.31. The molecule has 2 aromatic rings. The van der Waals surface area contributed by atoms with Gasteiger partial charge in [0.05, 0.1) is 5.57 Å². The molecule has 116 valence electrons. The van der Waals surface area contributed by atoms with E-state index < -0.39 is 5.97 Å². The summed E-state index contributed by atoms with van der Waals surface area (Å²) in [5, 5.41) is 3.94. The molecule has 23 heavy (non-hydrogen) atoms. The quantitative estimate of drug-likeness (QED) is 0.644. The predicted octanol–water partition coefficient (Wildman–Crippen LogP) is 3.41. The van der Waals surface area contributed by atoms with Gasteiger partial charge >= 0.3 is 5.97 Å². The summed E-state index contributed by atoms with van der Waals surface area (Å²) >= 11 is 0. The van der Waals surface area contributed by atoms with E-state index in [1.807, 2.05) is 80.5 Å². The van der Waals surface area contributed by atoms with Crippen molar-refractivity contribution in [2.45, 2.75) is 6.92 Å². The van der Waals surface area contributed by atoms with E-state index in [-0.39, 0.29) is 0 Å². The third kappa shape index (κ3) is 3.16. The van der Waals surface area contributed by atoms with Gasteiger partial charge in [-0.1, -0.05) is 47.1 Å². The van der Waals surface area contributed by atoms with Crippen LogP contribution in [0.25, 0.3) is 6.08 Å². The summed E-state index contributed by atoms with van der Waals surface area (Å²) in [6.45, 7) is 2.03. The van der Waals surface area contributed by atoms with E-state index in [1.165, 1.54) is 5.56 Å². The Morgan fingerprint density at radius 2 is 1.65 bits per heavy atom. The molecule has 0 saturated heterocycles. The van der Waals surface area contributed by atoms with Gasteiger partial charge in [-0.25, -0.2) is 4.79 Å². The van der Waals surface area contributed by atoms with Crippen molar-refractivity contribution in [3.8, 4) is 0 Å². The van der Waals surface area contributed by atoms with Gasteiger partial charge in [-0.15, -0.1) is 0 Å². The van der Waals surface area contributed by atoms with Crippen molar-refractivity contribution in [2.24, 2.45) is 5.16 Å². The predicted molar refractivity (Wildman–Crippen MR) is 92.6 cm³/mol. The van der Waals surface area contributed by atoms with Crippen molar-refractivity contribution in [1.82, 2.24) is 0 Å². The molecule has 0 fully saturated rings. The molecular formula is C19H18N2O2. The molecule has 0 radical (unpaired) electrons. The highest BCUT2D eigenvalue weighted by atomic mass is 16.7. The van der Waals surface area contributed by atoms with Crippen molar-refractivity contribution in [3.63, 3.8) is 0 Å². The summed E-state index contributed by atoms with van der Waals surface area (Å²) in [7, 11) is 3.97. The lowest BCUT2D eigenvalue weighted by molar-refractivity contribution is -0.136. The van der Waals surface area contributed by atoms with Gasteiger partial charge in [0.1, 0.15) is 5.71 Å². The second kappa shape index (κ2) is 6.08. The Kier molecular flexibility index (Phi) is 3.98. The Labute approximate surface area is 135 Å². The smallest absolute Gasteiger partial charge is 0.368 e. The average Bonchev–Trinajstić information content (AvgIpc) is 2.91. The second-order valence-corrected chi connectivity index (χ2v) is 5.73. The monoisotopic (exact) mass is 306 g/mol. The lowest BCUT2D eigenvalue weighted by Gasteiger charge is -2.12. The molecule has 2 aromatic carbocycles. The first-order chi connectivity index (χ1) is 11.0. The molecule has 4 heteroatoms. The molecule has 0 N–H and O–H groups in total. The summed E-state index contributed by atoms with van der Waals surface area (Å²) in [6.07, 6.45) is 1.81. The summed E-state index contributed by atoms with van der Waals surface area (Å²) in [4.78, 5) is 18.9. The van der Waals surface area contributed by atoms with E-state index in [4.69, 9.17) is 4.84 Å². The fourth-order valence-electron chi connectivity index (χ4n) is 2.36. The van der Waals surface area contributed by atoms with Gasteiger partial charge in [0, 0.05) is 25.3 Å². The number of aryl methyl sites for hydroxylation is 1. The zero-order valence-electron chi connectivity index (χ0n) is 13.4. The molecule has 4 nitrogen and oxygen atoms in total. The van der Waals surface area contributed by atoms with Crippen LogP contribution < -0.4 is 4.90 Å². The van der Waals surface area contributed by atoms with E-state index >= 15 is 0 Å². The Balaban J connectivity index is 1.94. The number of carbonyl (C=O) groups is 1. The Morgan fingerprint density at radius 3 is 2.26 bits per heavy atom. The second-order valence-electron chi connectivity index (χ2n) is 5.73. The number of anilines is 1. The summed E-state index contributed by atoms with van der Waals surface area (Å²) < 4.78 is 0. The molecule has 3 rings (SSSR count). The SMILES string of the molecule is Cc1ccc(C=C2C(=O)ON=C2c2ccc(N(C)C)cc2)cc1. The van der Waals surface area contributed by atoms with Gasteiger partial charge in [0.25, 0.3) is 0 Å². The van der Waals surface area contributed by atoms with Gasteiger partial charge in [0.2, 0.25) is 0 Å². The first kappa shape index (κ1) is 15.0. The molecule has 0 spiro atoms. The van der Waals surface area contributed by atoms with Crippen molar-refractivity contribution >= 4 is 23.4 Å². The van der Waals surface area contributed by atoms with Crippen LogP contribution >= 0.6 is 0 Å². The molecule has 0 saturated carbocycles. The fraction of sp³-hybridized carbons (Fsp3) is 0.158. The zero-order valence-corrected chi connectivity index (χ0v) is 13.4. The van der Waals surface area contributed by atoms with Crippen LogP contribution in [-0.2, 0) is 9.63 Å². The highest BCUT2D eigenvalue weighted by Gasteiger charge is 2.26. The van der Waals surface area contributed by atoms with Crippen LogP contribution in [0, 0.1) is 6.92 Å².